The maximum atomic E-state index is 14.0. The molecule has 4 saturated heterocycles. The van der Waals surface area contributed by atoms with Gasteiger partial charge in [-0.05, 0) is 107 Å². The number of amides is 3. The summed E-state index contributed by atoms with van der Waals surface area (Å²) in [5.74, 6) is 1.82. The fourth-order valence-electron chi connectivity index (χ4n) is 11.9. The van der Waals surface area contributed by atoms with Crippen LogP contribution in [0.15, 0.2) is 29.2 Å². The third-order valence-corrected chi connectivity index (χ3v) is 17.8. The molecule has 18 heteroatoms. The number of hydrogen-bond donors (Lipinski definition) is 2. The third-order valence-electron chi connectivity index (χ3n) is 15.9. The molecule has 0 bridgehead atoms. The smallest absolute Gasteiger partial charge is 0.329 e. The second-order valence-electron chi connectivity index (χ2n) is 20.0. The zero-order valence-electron chi connectivity index (χ0n) is 37.4. The van der Waals surface area contributed by atoms with Crippen molar-refractivity contribution in [1.82, 2.24) is 37.9 Å². The minimum Gasteiger partial charge on any atom is -0.491 e. The number of hydrogen-bond acceptors (Lipinski definition) is 11. The number of anilines is 2. The quantitative estimate of drug-likeness (QED) is 0.165. The van der Waals surface area contributed by atoms with Crippen LogP contribution in [0.3, 0.4) is 0 Å². The van der Waals surface area contributed by atoms with Gasteiger partial charge in [0.1, 0.15) is 23.1 Å². The summed E-state index contributed by atoms with van der Waals surface area (Å²) in [6.45, 7) is 7.82. The number of benzene rings is 1. The summed E-state index contributed by atoms with van der Waals surface area (Å²) in [7, 11) is -1.88. The number of carbonyl (C=O) groups excluding carboxylic acids is 3. The van der Waals surface area contributed by atoms with Crippen LogP contribution < -0.4 is 26.0 Å². The van der Waals surface area contributed by atoms with Crippen molar-refractivity contribution in [2.24, 2.45) is 18.4 Å². The van der Waals surface area contributed by atoms with Gasteiger partial charge in [0.2, 0.25) is 23.7 Å². The second-order valence-corrected chi connectivity index (χ2v) is 21.9. The maximum Gasteiger partial charge on any atom is 0.329 e. The summed E-state index contributed by atoms with van der Waals surface area (Å²) < 4.78 is 40.5. The highest BCUT2D eigenvalue weighted by Gasteiger charge is 2.62. The zero-order valence-corrected chi connectivity index (χ0v) is 38.2. The van der Waals surface area contributed by atoms with Gasteiger partial charge in [0.15, 0.2) is 0 Å². The Morgan fingerprint density at radius 3 is 2.44 bits per heavy atom. The molecule has 2 saturated carbocycles. The molecular weight excluding hydrogens is 837 g/mol. The van der Waals surface area contributed by atoms with Crippen molar-refractivity contribution in [3.05, 3.63) is 40.4 Å². The molecule has 2 N–H and O–H groups in total. The SMILES string of the molecule is CC1CCCC1N1C(=O)C2(CC2)c2cnc(NC3CCN(S(=O)(=O)N4CCC5(CCN(CCCCCCCOc6cccc7c6n(C)c(=O)n7C6CCC(=O)NC6=O)C5)C4)CC3)nc21. The molecule has 4 atom stereocenters. The van der Waals surface area contributed by atoms with E-state index in [2.05, 4.69) is 27.4 Å². The van der Waals surface area contributed by atoms with Gasteiger partial charge in [-0.15, -0.1) is 0 Å². The van der Waals surface area contributed by atoms with Crippen molar-refractivity contribution in [3.63, 3.8) is 0 Å². The number of rotatable bonds is 15. The molecule has 7 heterocycles. The van der Waals surface area contributed by atoms with Gasteiger partial charge in [-0.25, -0.2) is 9.78 Å². The van der Waals surface area contributed by atoms with Crippen LogP contribution in [0.1, 0.15) is 121 Å². The normalized spacial score (nSPS) is 27.7. The Balaban J connectivity index is 0.642. The first kappa shape index (κ1) is 43.5. The molecule has 10 rings (SSSR count). The lowest BCUT2D eigenvalue weighted by Gasteiger charge is -2.34. The lowest BCUT2D eigenvalue weighted by Crippen LogP contribution is -2.49. The van der Waals surface area contributed by atoms with Gasteiger partial charge in [-0.3, -0.25) is 33.7 Å². The number of nitrogens with zero attached hydrogens (tertiary/aromatic N) is 8. The van der Waals surface area contributed by atoms with Crippen molar-refractivity contribution in [3.8, 4) is 5.75 Å². The van der Waals surface area contributed by atoms with Gasteiger partial charge in [0, 0.05) is 70.0 Å². The van der Waals surface area contributed by atoms with Gasteiger partial charge >= 0.3 is 5.69 Å². The lowest BCUT2D eigenvalue weighted by molar-refractivity contribution is -0.135. The maximum absolute atomic E-state index is 14.0. The molecule has 6 fully saturated rings. The predicted octanol–water partition coefficient (Wildman–Crippen LogP) is 4.22. The van der Waals surface area contributed by atoms with E-state index in [1.165, 1.54) is 9.13 Å². The van der Waals surface area contributed by atoms with Crippen LogP contribution in [-0.4, -0.2) is 123 Å². The van der Waals surface area contributed by atoms with E-state index in [1.807, 2.05) is 29.3 Å². The Kier molecular flexibility index (Phi) is 11.6. The van der Waals surface area contributed by atoms with Gasteiger partial charge in [0.25, 0.3) is 10.2 Å². The van der Waals surface area contributed by atoms with E-state index in [1.54, 1.807) is 15.7 Å². The molecule has 17 nitrogen and oxygen atoms in total. The highest BCUT2D eigenvalue weighted by Crippen LogP contribution is 2.58. The second kappa shape index (κ2) is 17.1. The average molecular weight is 901 g/mol. The highest BCUT2D eigenvalue weighted by atomic mass is 32.2. The number of unbranched alkanes of at least 4 members (excludes halogenated alkanes) is 4. The highest BCUT2D eigenvalue weighted by molar-refractivity contribution is 7.86. The lowest BCUT2D eigenvalue weighted by atomic mass is 9.86. The van der Waals surface area contributed by atoms with Crippen molar-refractivity contribution in [1.29, 1.82) is 0 Å². The van der Waals surface area contributed by atoms with Crippen LogP contribution in [0.5, 0.6) is 5.75 Å². The molecule has 5 aliphatic heterocycles. The standard InChI is InChI=1S/C46H64N10O7S/c1-31-10-8-11-34(31)56-40-33(46(18-19-46)42(56)59)28-47-43(50-40)48-32-16-23-53(24-17-32)64(61,62)54-26-21-45(30-54)20-25-52(29-45)22-6-4-3-5-7-27-63-37-13-9-12-35-39(37)51(2)44(60)55(35)36-14-15-38(57)49-41(36)58/h9,12-13,28,31-32,34,36H,3-8,10-11,14-27,29-30H2,1-2H3,(H,47,48,50)(H,49,57,58). The van der Waals surface area contributed by atoms with Crippen LogP contribution in [0.4, 0.5) is 11.8 Å². The summed E-state index contributed by atoms with van der Waals surface area (Å²) in [6, 6.07) is 5.02. The number of likely N-dealkylation sites (tertiary alicyclic amines) is 1. The number of ether oxygens (including phenoxy) is 1. The summed E-state index contributed by atoms with van der Waals surface area (Å²) in [5.41, 5.74) is 1.55. The number of imidazole rings is 1. The number of nitrogens with one attached hydrogen (secondary N) is 2. The van der Waals surface area contributed by atoms with Gasteiger partial charge in [-0.2, -0.15) is 22.0 Å². The number of carbonyl (C=O) groups is 3. The minimum absolute atomic E-state index is 0.0228. The van der Waals surface area contributed by atoms with Crippen LogP contribution in [-0.2, 0) is 37.1 Å². The number of imide groups is 1. The zero-order chi connectivity index (χ0) is 44.4. The van der Waals surface area contributed by atoms with Gasteiger partial charge < -0.3 is 15.0 Å². The van der Waals surface area contributed by atoms with Crippen LogP contribution >= 0.6 is 0 Å². The Hall–Kier alpha value is -4.39. The molecular formula is C46H64N10O7S. The molecule has 2 aliphatic carbocycles. The van der Waals surface area contributed by atoms with Crippen molar-refractivity contribution < 1.29 is 27.5 Å². The Bertz CT molecular complexity index is 2480. The summed E-state index contributed by atoms with van der Waals surface area (Å²) >= 11 is 0. The number of fused-ring (bicyclic) bond motifs is 3. The Morgan fingerprint density at radius 2 is 1.67 bits per heavy atom. The fourth-order valence-corrected chi connectivity index (χ4v) is 13.7. The number of para-hydroxylation sites is 1. The number of aryl methyl sites for hydroxylation is 1. The third kappa shape index (κ3) is 7.82. The first-order valence-electron chi connectivity index (χ1n) is 24.0. The van der Waals surface area contributed by atoms with Crippen molar-refractivity contribution >= 4 is 50.7 Å². The summed E-state index contributed by atoms with van der Waals surface area (Å²) in [5, 5.41) is 5.86. The van der Waals surface area contributed by atoms with Crippen LogP contribution in [0, 0.1) is 11.3 Å². The molecule has 346 valence electrons. The number of aromatic nitrogens is 4. The monoisotopic (exact) mass is 900 g/mol. The molecule has 3 amide bonds. The van der Waals surface area contributed by atoms with Crippen molar-refractivity contribution in [2.45, 2.75) is 133 Å². The molecule has 0 radical (unpaired) electrons. The van der Waals surface area contributed by atoms with E-state index >= 15 is 0 Å². The minimum atomic E-state index is -3.56. The van der Waals surface area contributed by atoms with E-state index in [-0.39, 0.29) is 47.8 Å². The van der Waals surface area contributed by atoms with Crippen molar-refractivity contribution in [2.75, 3.05) is 62.6 Å². The predicted molar refractivity (Wildman–Crippen MR) is 241 cm³/mol. The van der Waals surface area contributed by atoms with E-state index in [4.69, 9.17) is 9.72 Å². The molecule has 4 unspecified atom stereocenters. The van der Waals surface area contributed by atoms with E-state index in [0.29, 0.717) is 74.3 Å². The largest absolute Gasteiger partial charge is 0.491 e. The fraction of sp³-hybridized carbons (Fsp3) is 0.696. The first-order chi connectivity index (χ1) is 30.9. The number of piperidine rings is 2. The topological polar surface area (TPSA) is 184 Å². The van der Waals surface area contributed by atoms with E-state index in [9.17, 15) is 27.6 Å². The van der Waals surface area contributed by atoms with Gasteiger partial charge in [-0.1, -0.05) is 38.7 Å². The average Bonchev–Trinajstić information content (AvgIpc) is 3.53. The van der Waals surface area contributed by atoms with Crippen LogP contribution in [0.25, 0.3) is 11.0 Å². The molecule has 64 heavy (non-hydrogen) atoms. The van der Waals surface area contributed by atoms with E-state index < -0.39 is 27.6 Å². The van der Waals surface area contributed by atoms with Crippen LogP contribution in [0.2, 0.25) is 0 Å². The van der Waals surface area contributed by atoms with E-state index in [0.717, 1.165) is 108 Å². The molecule has 2 spiro atoms. The Morgan fingerprint density at radius 1 is 0.891 bits per heavy atom. The first-order valence-corrected chi connectivity index (χ1v) is 25.4. The summed E-state index contributed by atoms with van der Waals surface area (Å²) in [6.07, 6.45) is 15.9. The molecule has 3 aromatic rings. The molecule has 7 aliphatic rings. The molecule has 2 aromatic heterocycles. The molecule has 1 aromatic carbocycles. The Labute approximate surface area is 375 Å². The van der Waals surface area contributed by atoms with Gasteiger partial charge in [0.05, 0.1) is 17.5 Å². The summed E-state index contributed by atoms with van der Waals surface area (Å²) in [4.78, 5) is 65.3.